The highest BCUT2D eigenvalue weighted by atomic mass is 79.9. The van der Waals surface area contributed by atoms with Crippen molar-refractivity contribution in [3.8, 4) is 0 Å². The normalized spacial score (nSPS) is 22.0. The Bertz CT molecular complexity index is 301. The lowest BCUT2D eigenvalue weighted by molar-refractivity contribution is 0.329. The van der Waals surface area contributed by atoms with Crippen molar-refractivity contribution in [2.45, 2.75) is 17.5 Å². The second-order valence-corrected chi connectivity index (χ2v) is 4.84. The fourth-order valence-electron chi connectivity index (χ4n) is 1.32. The lowest BCUT2D eigenvalue weighted by Crippen LogP contribution is -2.02. The molecule has 0 saturated carbocycles. The summed E-state index contributed by atoms with van der Waals surface area (Å²) in [5.41, 5.74) is 0.856. The molecule has 0 amide bonds. The summed E-state index contributed by atoms with van der Waals surface area (Å²) < 4.78 is 14.3. The van der Waals surface area contributed by atoms with Crippen LogP contribution in [0.3, 0.4) is 0 Å². The summed E-state index contributed by atoms with van der Waals surface area (Å²) in [6, 6.07) is 5.76. The zero-order chi connectivity index (χ0) is 8.55. The molecule has 0 bridgehead atoms. The highest BCUT2D eigenvalue weighted by molar-refractivity contribution is 9.10. The summed E-state index contributed by atoms with van der Waals surface area (Å²) >= 11 is 5.11. The first-order valence-electron chi connectivity index (χ1n) is 3.83. The van der Waals surface area contributed by atoms with E-state index in [1.54, 1.807) is 11.8 Å². The number of benzene rings is 1. The Kier molecular flexibility index (Phi) is 2.42. The van der Waals surface area contributed by atoms with E-state index in [1.807, 2.05) is 18.2 Å². The molecular formula is C9H8BrFS. The molecule has 1 aliphatic heterocycles. The van der Waals surface area contributed by atoms with E-state index in [0.717, 1.165) is 20.7 Å². The number of rotatable bonds is 0. The van der Waals surface area contributed by atoms with Crippen molar-refractivity contribution in [2.75, 3.05) is 5.75 Å². The molecule has 1 aromatic carbocycles. The minimum atomic E-state index is -0.755. The van der Waals surface area contributed by atoms with Gasteiger partial charge in [-0.2, -0.15) is 0 Å². The summed E-state index contributed by atoms with van der Waals surface area (Å²) in [6.07, 6.45) is -0.103. The molecule has 0 saturated heterocycles. The van der Waals surface area contributed by atoms with E-state index in [4.69, 9.17) is 0 Å². The molecule has 12 heavy (non-hydrogen) atoms. The molecule has 2 rings (SSSR count). The number of fused-ring (bicyclic) bond motifs is 1. The van der Waals surface area contributed by atoms with Crippen LogP contribution in [-0.4, -0.2) is 5.75 Å². The smallest absolute Gasteiger partial charge is 0.127 e. The molecule has 0 spiro atoms. The number of halogens is 2. The van der Waals surface area contributed by atoms with Gasteiger partial charge in [-0.05, 0) is 24.1 Å². The van der Waals surface area contributed by atoms with Crippen molar-refractivity contribution in [1.29, 1.82) is 0 Å². The Labute approximate surface area is 83.7 Å². The van der Waals surface area contributed by atoms with Crippen molar-refractivity contribution in [3.05, 3.63) is 28.2 Å². The lowest BCUT2D eigenvalue weighted by atomic mass is 10.1. The predicted octanol–water partition coefficient (Wildman–Crippen LogP) is 3.96. The minimum Gasteiger partial charge on any atom is -0.242 e. The number of alkyl halides is 1. The van der Waals surface area contributed by atoms with Gasteiger partial charge in [0.15, 0.2) is 0 Å². The van der Waals surface area contributed by atoms with Crippen molar-refractivity contribution < 1.29 is 4.39 Å². The second-order valence-electron chi connectivity index (χ2n) is 2.79. The number of hydrogen-bond acceptors (Lipinski definition) is 1. The summed E-state index contributed by atoms with van der Waals surface area (Å²) in [5.74, 6) is 0.893. The van der Waals surface area contributed by atoms with Crippen LogP contribution in [-0.2, 0) is 0 Å². The maximum absolute atomic E-state index is 13.3. The fourth-order valence-corrected chi connectivity index (χ4v) is 2.95. The van der Waals surface area contributed by atoms with Crippen LogP contribution in [0.5, 0.6) is 0 Å². The van der Waals surface area contributed by atoms with Gasteiger partial charge in [0.2, 0.25) is 0 Å². The molecule has 64 valence electrons. The summed E-state index contributed by atoms with van der Waals surface area (Å²) in [6.45, 7) is 0. The Morgan fingerprint density at radius 1 is 1.50 bits per heavy atom. The molecule has 1 heterocycles. The van der Waals surface area contributed by atoms with Crippen molar-refractivity contribution in [1.82, 2.24) is 0 Å². The van der Waals surface area contributed by atoms with Gasteiger partial charge < -0.3 is 0 Å². The van der Waals surface area contributed by atoms with E-state index in [1.165, 1.54) is 0 Å². The highest BCUT2D eigenvalue weighted by Crippen LogP contribution is 2.39. The zero-order valence-electron chi connectivity index (χ0n) is 6.39. The zero-order valence-corrected chi connectivity index (χ0v) is 8.79. The second kappa shape index (κ2) is 3.38. The van der Waals surface area contributed by atoms with Crippen LogP contribution >= 0.6 is 27.7 Å². The van der Waals surface area contributed by atoms with Gasteiger partial charge in [0.05, 0.1) is 0 Å². The van der Waals surface area contributed by atoms with Crippen LogP contribution in [0.15, 0.2) is 27.6 Å². The molecule has 0 N–H and O–H groups in total. The Morgan fingerprint density at radius 3 is 3.17 bits per heavy atom. The van der Waals surface area contributed by atoms with E-state index in [2.05, 4.69) is 15.9 Å². The topological polar surface area (TPSA) is 0 Å². The summed E-state index contributed by atoms with van der Waals surface area (Å²) in [4.78, 5) is 1.09. The Balaban J connectivity index is 2.46. The average molecular weight is 247 g/mol. The minimum absolute atomic E-state index is 0.652. The van der Waals surface area contributed by atoms with E-state index in [0.29, 0.717) is 6.42 Å². The van der Waals surface area contributed by atoms with Crippen LogP contribution < -0.4 is 0 Å². The molecule has 0 radical (unpaired) electrons. The van der Waals surface area contributed by atoms with E-state index in [-0.39, 0.29) is 0 Å². The van der Waals surface area contributed by atoms with E-state index in [9.17, 15) is 4.39 Å². The average Bonchev–Trinajstić information content (AvgIpc) is 2.04. The van der Waals surface area contributed by atoms with Crippen molar-refractivity contribution >= 4 is 27.7 Å². The van der Waals surface area contributed by atoms with Gasteiger partial charge in [-0.15, -0.1) is 11.8 Å². The first-order valence-corrected chi connectivity index (χ1v) is 5.61. The van der Waals surface area contributed by atoms with E-state index < -0.39 is 6.17 Å². The van der Waals surface area contributed by atoms with E-state index >= 15 is 0 Å². The van der Waals surface area contributed by atoms with Gasteiger partial charge >= 0.3 is 0 Å². The maximum atomic E-state index is 13.3. The standard InChI is InChI=1S/C9H8BrFS/c10-6-1-2-7-8(11)3-4-12-9(7)5-6/h1-2,5,8H,3-4H2. The van der Waals surface area contributed by atoms with Crippen LogP contribution in [0.4, 0.5) is 4.39 Å². The van der Waals surface area contributed by atoms with Gasteiger partial charge in [-0.1, -0.05) is 22.0 Å². The molecule has 3 heteroatoms. The molecular weight excluding hydrogens is 239 g/mol. The van der Waals surface area contributed by atoms with Gasteiger partial charge in [0.1, 0.15) is 6.17 Å². The van der Waals surface area contributed by atoms with Gasteiger partial charge in [0.25, 0.3) is 0 Å². The molecule has 1 aromatic rings. The van der Waals surface area contributed by atoms with Crippen LogP contribution in [0.1, 0.15) is 18.2 Å². The first kappa shape index (κ1) is 8.57. The van der Waals surface area contributed by atoms with Crippen LogP contribution in [0, 0.1) is 0 Å². The highest BCUT2D eigenvalue weighted by Gasteiger charge is 2.19. The van der Waals surface area contributed by atoms with Gasteiger partial charge in [-0.25, -0.2) is 4.39 Å². The van der Waals surface area contributed by atoms with Crippen LogP contribution in [0.2, 0.25) is 0 Å². The van der Waals surface area contributed by atoms with Crippen molar-refractivity contribution in [3.63, 3.8) is 0 Å². The largest absolute Gasteiger partial charge is 0.242 e. The summed E-state index contributed by atoms with van der Waals surface area (Å²) in [5, 5.41) is 0. The molecule has 0 aromatic heterocycles. The Morgan fingerprint density at radius 2 is 2.33 bits per heavy atom. The van der Waals surface area contributed by atoms with Gasteiger partial charge in [0, 0.05) is 15.1 Å². The number of hydrogen-bond donors (Lipinski definition) is 0. The van der Waals surface area contributed by atoms with Crippen LogP contribution in [0.25, 0.3) is 0 Å². The summed E-state index contributed by atoms with van der Waals surface area (Å²) in [7, 11) is 0. The third-order valence-electron chi connectivity index (χ3n) is 1.94. The third-order valence-corrected chi connectivity index (χ3v) is 3.54. The third kappa shape index (κ3) is 1.52. The molecule has 0 fully saturated rings. The SMILES string of the molecule is FC1CCSc2cc(Br)ccc21. The molecule has 1 atom stereocenters. The fraction of sp³-hybridized carbons (Fsp3) is 0.333. The molecule has 1 aliphatic rings. The Hall–Kier alpha value is -0.0200. The lowest BCUT2D eigenvalue weighted by Gasteiger charge is -2.18. The monoisotopic (exact) mass is 246 g/mol. The van der Waals surface area contributed by atoms with Gasteiger partial charge in [-0.3, -0.25) is 0 Å². The maximum Gasteiger partial charge on any atom is 0.127 e. The quantitative estimate of drug-likeness (QED) is 0.668. The number of thioether (sulfide) groups is 1. The first-order chi connectivity index (χ1) is 5.77. The molecule has 1 unspecified atom stereocenters. The predicted molar refractivity (Wildman–Crippen MR) is 53.3 cm³/mol. The molecule has 0 aliphatic carbocycles. The molecule has 0 nitrogen and oxygen atoms in total. The van der Waals surface area contributed by atoms with Crippen molar-refractivity contribution in [2.24, 2.45) is 0 Å².